The summed E-state index contributed by atoms with van der Waals surface area (Å²) in [5, 5.41) is 11.3. The van der Waals surface area contributed by atoms with Crippen molar-refractivity contribution in [2.75, 3.05) is 24.5 Å². The highest BCUT2D eigenvalue weighted by molar-refractivity contribution is 5.61. The monoisotopic (exact) mass is 280 g/mol. The normalized spacial score (nSPS) is 11.4. The predicted molar refractivity (Wildman–Crippen MR) is 81.0 cm³/mol. The Morgan fingerprint density at radius 2 is 2.15 bits per heavy atom. The van der Waals surface area contributed by atoms with Gasteiger partial charge in [0.05, 0.1) is 4.92 Å². The van der Waals surface area contributed by atoms with E-state index in [1.165, 1.54) is 0 Å². The van der Waals surface area contributed by atoms with E-state index in [-0.39, 0.29) is 16.0 Å². The molecule has 20 heavy (non-hydrogen) atoms. The molecule has 0 aliphatic carbocycles. The highest BCUT2D eigenvalue weighted by atomic mass is 16.6. The molecule has 0 aliphatic rings. The molecule has 0 aromatic carbocycles. The Kier molecular flexibility index (Phi) is 5.44. The summed E-state index contributed by atoms with van der Waals surface area (Å²) in [7, 11) is 0. The molecular weight excluding hydrogens is 256 g/mol. The quantitative estimate of drug-likeness (QED) is 0.612. The minimum atomic E-state index is -0.351. The molecule has 6 nitrogen and oxygen atoms in total. The topological polar surface area (TPSA) is 85.3 Å². The number of aromatic nitrogens is 1. The highest BCUT2D eigenvalue weighted by Gasteiger charge is 2.27. The van der Waals surface area contributed by atoms with Crippen LogP contribution in [0.5, 0.6) is 0 Å². The van der Waals surface area contributed by atoms with E-state index in [2.05, 4.69) is 18.8 Å². The van der Waals surface area contributed by atoms with Gasteiger partial charge in [0.25, 0.3) is 0 Å². The molecule has 0 spiro atoms. The third kappa shape index (κ3) is 3.90. The molecule has 0 amide bonds. The molecule has 0 fully saturated rings. The Hall–Kier alpha value is -1.69. The first-order chi connectivity index (χ1) is 9.32. The molecule has 1 rings (SSSR count). The van der Waals surface area contributed by atoms with Crippen LogP contribution in [0.4, 0.5) is 11.5 Å². The maximum absolute atomic E-state index is 11.3. The number of nitrogens with zero attached hydrogens (tertiary/aromatic N) is 3. The second kappa shape index (κ2) is 6.65. The number of anilines is 1. The van der Waals surface area contributed by atoms with Gasteiger partial charge in [-0.05, 0) is 31.4 Å². The van der Waals surface area contributed by atoms with Crippen molar-refractivity contribution >= 4 is 11.5 Å². The van der Waals surface area contributed by atoms with Crippen LogP contribution >= 0.6 is 0 Å². The summed E-state index contributed by atoms with van der Waals surface area (Å²) in [6.07, 6.45) is 2.52. The first-order valence-corrected chi connectivity index (χ1v) is 6.87. The van der Waals surface area contributed by atoms with Crippen LogP contribution in [0.25, 0.3) is 0 Å². The second-order valence-corrected chi connectivity index (χ2v) is 5.85. The molecule has 0 atom stereocenters. The van der Waals surface area contributed by atoms with Crippen molar-refractivity contribution in [1.82, 2.24) is 4.98 Å². The van der Waals surface area contributed by atoms with Crippen molar-refractivity contribution in [3.05, 3.63) is 27.9 Å². The molecule has 0 saturated heterocycles. The lowest BCUT2D eigenvalue weighted by Gasteiger charge is -2.32. The molecule has 0 saturated carbocycles. The fourth-order valence-electron chi connectivity index (χ4n) is 2.10. The number of pyridine rings is 1. The Bertz CT molecular complexity index is 474. The van der Waals surface area contributed by atoms with Crippen LogP contribution in [0.3, 0.4) is 0 Å². The van der Waals surface area contributed by atoms with Crippen LogP contribution in [0.1, 0.15) is 32.8 Å². The summed E-state index contributed by atoms with van der Waals surface area (Å²) in [6.45, 7) is 9.78. The van der Waals surface area contributed by atoms with Gasteiger partial charge in [0, 0.05) is 24.8 Å². The van der Waals surface area contributed by atoms with E-state index in [9.17, 15) is 10.1 Å². The largest absolute Gasteiger partial charge is 0.350 e. The molecule has 0 unspecified atom stereocenters. The first kappa shape index (κ1) is 16.4. The number of hydrogen-bond donors (Lipinski definition) is 1. The molecule has 1 aromatic heterocycles. The van der Waals surface area contributed by atoms with Crippen molar-refractivity contribution in [2.24, 2.45) is 11.1 Å². The molecule has 0 aliphatic heterocycles. The van der Waals surface area contributed by atoms with E-state index >= 15 is 0 Å². The maximum Gasteiger partial charge on any atom is 0.314 e. The van der Waals surface area contributed by atoms with Crippen LogP contribution in [0, 0.1) is 22.5 Å². The molecule has 0 bridgehead atoms. The van der Waals surface area contributed by atoms with Crippen molar-refractivity contribution in [3.63, 3.8) is 0 Å². The Labute approximate surface area is 120 Å². The first-order valence-electron chi connectivity index (χ1n) is 6.87. The van der Waals surface area contributed by atoms with E-state index in [1.807, 2.05) is 11.8 Å². The fraction of sp³-hybridized carbons (Fsp3) is 0.643. The van der Waals surface area contributed by atoms with Gasteiger partial charge in [-0.25, -0.2) is 4.98 Å². The molecular formula is C14H24N4O2. The lowest BCUT2D eigenvalue weighted by Crippen LogP contribution is -2.40. The van der Waals surface area contributed by atoms with Crippen molar-refractivity contribution in [3.8, 4) is 0 Å². The van der Waals surface area contributed by atoms with Crippen LogP contribution in [0.2, 0.25) is 0 Å². The zero-order chi connectivity index (χ0) is 15.3. The third-order valence-corrected chi connectivity index (χ3v) is 3.25. The summed E-state index contributed by atoms with van der Waals surface area (Å²) >= 11 is 0. The van der Waals surface area contributed by atoms with Crippen LogP contribution in [-0.4, -0.2) is 29.5 Å². The lowest BCUT2D eigenvalue weighted by atomic mass is 9.93. The number of aryl methyl sites for hydroxylation is 1. The zero-order valence-corrected chi connectivity index (χ0v) is 12.7. The Balaban J connectivity index is 3.21. The smallest absolute Gasteiger partial charge is 0.314 e. The van der Waals surface area contributed by atoms with Gasteiger partial charge < -0.3 is 10.6 Å². The number of nitro groups is 1. The van der Waals surface area contributed by atoms with Gasteiger partial charge >= 0.3 is 5.69 Å². The van der Waals surface area contributed by atoms with Gasteiger partial charge in [0.2, 0.25) is 5.82 Å². The minimum Gasteiger partial charge on any atom is -0.350 e. The van der Waals surface area contributed by atoms with Crippen LogP contribution in [0.15, 0.2) is 12.3 Å². The van der Waals surface area contributed by atoms with Gasteiger partial charge in [0.1, 0.15) is 0 Å². The molecule has 2 N–H and O–H groups in total. The SMILES string of the molecule is CCCN(CC(C)(C)CN)c1nccc(C)c1[N+](=O)[O-]. The van der Waals surface area contributed by atoms with Gasteiger partial charge in [-0.3, -0.25) is 10.1 Å². The zero-order valence-electron chi connectivity index (χ0n) is 12.7. The minimum absolute atomic E-state index is 0.0915. The Morgan fingerprint density at radius 1 is 1.50 bits per heavy atom. The van der Waals surface area contributed by atoms with Crippen molar-refractivity contribution in [2.45, 2.75) is 34.1 Å². The molecule has 6 heteroatoms. The average Bonchev–Trinajstić information content (AvgIpc) is 2.37. The molecule has 112 valence electrons. The van der Waals surface area contributed by atoms with E-state index in [0.29, 0.717) is 24.5 Å². The maximum atomic E-state index is 11.3. The lowest BCUT2D eigenvalue weighted by molar-refractivity contribution is -0.384. The molecule has 1 heterocycles. The summed E-state index contributed by atoms with van der Waals surface area (Å²) in [5.74, 6) is 0.443. The van der Waals surface area contributed by atoms with E-state index in [4.69, 9.17) is 5.73 Å². The van der Waals surface area contributed by atoms with Gasteiger partial charge in [-0.15, -0.1) is 0 Å². The summed E-state index contributed by atoms with van der Waals surface area (Å²) in [6, 6.07) is 1.67. The summed E-state index contributed by atoms with van der Waals surface area (Å²) in [5.41, 5.74) is 6.38. The van der Waals surface area contributed by atoms with E-state index < -0.39 is 0 Å². The molecule has 1 aromatic rings. The Morgan fingerprint density at radius 3 is 2.65 bits per heavy atom. The number of rotatable bonds is 7. The van der Waals surface area contributed by atoms with Crippen molar-refractivity contribution in [1.29, 1.82) is 0 Å². The van der Waals surface area contributed by atoms with Gasteiger partial charge in [0.15, 0.2) is 0 Å². The highest BCUT2D eigenvalue weighted by Crippen LogP contribution is 2.31. The van der Waals surface area contributed by atoms with Crippen LogP contribution in [-0.2, 0) is 0 Å². The fourth-order valence-corrected chi connectivity index (χ4v) is 2.10. The summed E-state index contributed by atoms with van der Waals surface area (Å²) < 4.78 is 0. The van der Waals surface area contributed by atoms with Gasteiger partial charge in [-0.2, -0.15) is 0 Å². The van der Waals surface area contributed by atoms with Gasteiger partial charge in [-0.1, -0.05) is 20.8 Å². The summed E-state index contributed by atoms with van der Waals surface area (Å²) in [4.78, 5) is 17.2. The second-order valence-electron chi connectivity index (χ2n) is 5.85. The van der Waals surface area contributed by atoms with Crippen molar-refractivity contribution < 1.29 is 4.92 Å². The number of nitrogens with two attached hydrogens (primary N) is 1. The standard InChI is InChI=1S/C14H24N4O2/c1-5-8-17(10-14(3,4)9-15)13-12(18(19)20)11(2)6-7-16-13/h6-7H,5,8-10,15H2,1-4H3. The van der Waals surface area contributed by atoms with E-state index in [1.54, 1.807) is 19.2 Å². The molecule has 0 radical (unpaired) electrons. The number of hydrogen-bond acceptors (Lipinski definition) is 5. The third-order valence-electron chi connectivity index (χ3n) is 3.25. The average molecular weight is 280 g/mol. The van der Waals surface area contributed by atoms with Crippen LogP contribution < -0.4 is 10.6 Å². The van der Waals surface area contributed by atoms with E-state index in [0.717, 1.165) is 13.0 Å². The predicted octanol–water partition coefficient (Wildman–Crippen LogP) is 2.50.